The van der Waals surface area contributed by atoms with Gasteiger partial charge in [-0.1, -0.05) is 212 Å². The summed E-state index contributed by atoms with van der Waals surface area (Å²) in [5.74, 6) is 0. The van der Waals surface area contributed by atoms with Crippen LogP contribution in [0.2, 0.25) is 0 Å². The second kappa shape index (κ2) is 18.4. The minimum absolute atomic E-state index is 0.186. The topological polar surface area (TPSA) is 6.48 Å². The maximum absolute atomic E-state index is 2.57. The molecular formula is C74H50N2S2. The standard InChI is InChI=1S/C74H50N2S2/c1-5-22-49(23-6-1)75(50-24-7-2-8-25-50)73-58-34-17-13-30-54(58)69(55-31-14-18-35-59(55)73)47-40-42-53-64-46-68-71(63-38-21-39-65(72(63)64)77-66(53)44-47)62-43-41-48(45-67(62)78-68)70-56-32-15-19-36-60(56)74(61-37-20-16-33-57(61)70)76(51-26-9-3-10-27-51)52-28-11-4-12-29-52/h1-15,17-24,26-32,34-46,50H,16,25,33H2. The Hall–Kier alpha value is -8.93. The van der Waals surface area contributed by atoms with E-state index in [4.69, 9.17) is 0 Å². The first-order valence-corrected chi connectivity index (χ1v) is 28.9. The predicted octanol–water partition coefficient (Wildman–Crippen LogP) is 21.6. The number of para-hydroxylation sites is 3. The number of rotatable bonds is 8. The summed E-state index contributed by atoms with van der Waals surface area (Å²) in [4.78, 5) is 7.64. The Kier molecular flexibility index (Phi) is 10.7. The fourth-order valence-corrected chi connectivity index (χ4v) is 15.7. The van der Waals surface area contributed by atoms with Crippen LogP contribution in [0.1, 0.15) is 24.0 Å². The van der Waals surface area contributed by atoms with Crippen molar-refractivity contribution in [1.29, 1.82) is 0 Å². The average molecular weight is 1030 g/mol. The van der Waals surface area contributed by atoms with Crippen LogP contribution in [0.15, 0.2) is 265 Å². The van der Waals surface area contributed by atoms with Gasteiger partial charge in [0.15, 0.2) is 0 Å². The van der Waals surface area contributed by atoms with Gasteiger partial charge in [-0.2, -0.15) is 0 Å². The molecule has 0 amide bonds. The fourth-order valence-electron chi connectivity index (χ4n) is 13.3. The molecule has 0 spiro atoms. The summed E-state index contributed by atoms with van der Waals surface area (Å²) >= 11 is 3.86. The highest BCUT2D eigenvalue weighted by atomic mass is 32.2. The van der Waals surface area contributed by atoms with E-state index in [1.54, 1.807) is 0 Å². The summed E-state index contributed by atoms with van der Waals surface area (Å²) < 4.78 is 2.65. The molecule has 13 aromatic rings. The molecule has 368 valence electrons. The number of hydrogen-bond donors (Lipinski definition) is 0. The van der Waals surface area contributed by atoms with Crippen LogP contribution in [-0.4, -0.2) is 6.04 Å². The van der Waals surface area contributed by atoms with Gasteiger partial charge in [0.2, 0.25) is 0 Å². The van der Waals surface area contributed by atoms with Crippen LogP contribution in [0, 0.1) is 0 Å². The highest BCUT2D eigenvalue weighted by Gasteiger charge is 2.29. The lowest BCUT2D eigenvalue weighted by Crippen LogP contribution is -2.30. The van der Waals surface area contributed by atoms with Crippen molar-refractivity contribution in [1.82, 2.24) is 0 Å². The van der Waals surface area contributed by atoms with E-state index in [-0.39, 0.29) is 6.04 Å². The normalized spacial score (nSPS) is 14.4. The van der Waals surface area contributed by atoms with Crippen molar-refractivity contribution in [2.24, 2.45) is 0 Å². The maximum Gasteiger partial charge on any atom is 0.0615 e. The first-order chi connectivity index (χ1) is 38.7. The van der Waals surface area contributed by atoms with Crippen molar-refractivity contribution in [2.45, 2.75) is 35.1 Å². The van der Waals surface area contributed by atoms with Crippen molar-refractivity contribution in [3.8, 4) is 33.4 Å². The van der Waals surface area contributed by atoms with E-state index in [0.29, 0.717) is 0 Å². The third kappa shape index (κ3) is 7.10. The van der Waals surface area contributed by atoms with Gasteiger partial charge in [-0.05, 0) is 140 Å². The molecule has 0 N–H and O–H groups in total. The third-order valence-corrected chi connectivity index (χ3v) is 18.7. The van der Waals surface area contributed by atoms with Crippen LogP contribution >= 0.6 is 23.1 Å². The number of thiophene rings is 1. The summed E-state index contributed by atoms with van der Waals surface area (Å²) in [6.07, 6.45) is 16.7. The lowest BCUT2D eigenvalue weighted by atomic mass is 9.83. The molecule has 16 rings (SSSR count). The zero-order valence-electron chi connectivity index (χ0n) is 42.7. The monoisotopic (exact) mass is 1030 g/mol. The predicted molar refractivity (Wildman–Crippen MR) is 337 cm³/mol. The molecule has 0 radical (unpaired) electrons. The van der Waals surface area contributed by atoms with Gasteiger partial charge in [0, 0.05) is 74.1 Å². The summed E-state index contributed by atoms with van der Waals surface area (Å²) in [6, 6.07) is 84.2. The van der Waals surface area contributed by atoms with E-state index in [0.717, 1.165) is 30.6 Å². The Morgan fingerprint density at radius 2 is 1.01 bits per heavy atom. The lowest BCUT2D eigenvalue weighted by molar-refractivity contribution is 0.789. The molecule has 1 aromatic heterocycles. The van der Waals surface area contributed by atoms with Crippen LogP contribution in [0.3, 0.4) is 0 Å². The molecule has 0 bridgehead atoms. The number of hydrogen-bond acceptors (Lipinski definition) is 4. The number of anilines is 5. The van der Waals surface area contributed by atoms with Gasteiger partial charge in [-0.15, -0.1) is 11.3 Å². The van der Waals surface area contributed by atoms with E-state index in [2.05, 4.69) is 271 Å². The molecule has 1 unspecified atom stereocenters. The zero-order valence-corrected chi connectivity index (χ0v) is 44.4. The Morgan fingerprint density at radius 1 is 0.410 bits per heavy atom. The smallest absolute Gasteiger partial charge is 0.0615 e. The zero-order chi connectivity index (χ0) is 51.3. The van der Waals surface area contributed by atoms with E-state index < -0.39 is 0 Å². The lowest BCUT2D eigenvalue weighted by Gasteiger charge is -2.35. The van der Waals surface area contributed by atoms with Crippen molar-refractivity contribution >= 4 is 121 Å². The van der Waals surface area contributed by atoms with Gasteiger partial charge in [-0.25, -0.2) is 0 Å². The Morgan fingerprint density at radius 3 is 1.69 bits per heavy atom. The van der Waals surface area contributed by atoms with E-state index in [1.807, 2.05) is 23.1 Å². The van der Waals surface area contributed by atoms with Gasteiger partial charge in [0.05, 0.1) is 17.4 Å². The van der Waals surface area contributed by atoms with Gasteiger partial charge in [-0.3, -0.25) is 0 Å². The first kappa shape index (κ1) is 45.3. The second-order valence-electron chi connectivity index (χ2n) is 20.8. The summed E-state index contributed by atoms with van der Waals surface area (Å²) in [5, 5.41) is 13.0. The number of nitrogens with zero attached hydrogens (tertiary/aromatic N) is 2. The SMILES string of the molecule is C1=CCC(N(c2ccccc2)c2c3ccccc3c(-c3ccc4c(c3)Sc3cccc5c3c-4cc3sc4cc(-c6c7c(c(N(c8ccccc8)c8ccccc8)c8ccccc68)C=CCC7)ccc4c35)c3ccccc23)C=C1. The highest BCUT2D eigenvalue weighted by Crippen LogP contribution is 2.55. The van der Waals surface area contributed by atoms with Crippen molar-refractivity contribution in [2.75, 3.05) is 9.80 Å². The molecule has 2 nitrogen and oxygen atoms in total. The molecule has 0 saturated heterocycles. The Balaban J connectivity index is 0.845. The fraction of sp³-hybridized carbons (Fsp3) is 0.0541. The molecule has 2 heterocycles. The molecule has 4 heteroatoms. The number of benzene rings is 12. The van der Waals surface area contributed by atoms with Gasteiger partial charge < -0.3 is 9.80 Å². The van der Waals surface area contributed by atoms with Crippen molar-refractivity contribution in [3.63, 3.8) is 0 Å². The molecule has 0 saturated carbocycles. The molecule has 3 aliphatic rings. The van der Waals surface area contributed by atoms with Gasteiger partial charge in [0.25, 0.3) is 0 Å². The van der Waals surface area contributed by atoms with Gasteiger partial charge in [0.1, 0.15) is 0 Å². The van der Waals surface area contributed by atoms with Crippen LogP contribution in [0.4, 0.5) is 28.4 Å². The molecule has 12 aromatic carbocycles. The molecule has 1 aliphatic heterocycles. The minimum Gasteiger partial charge on any atom is -0.333 e. The molecule has 0 fully saturated rings. The summed E-state index contributed by atoms with van der Waals surface area (Å²) in [6.45, 7) is 0. The van der Waals surface area contributed by atoms with Crippen LogP contribution in [0.5, 0.6) is 0 Å². The first-order valence-electron chi connectivity index (χ1n) is 27.2. The number of fused-ring (bicyclic) bond motifs is 10. The molecular weight excluding hydrogens is 981 g/mol. The van der Waals surface area contributed by atoms with Gasteiger partial charge >= 0.3 is 0 Å². The molecule has 78 heavy (non-hydrogen) atoms. The molecule has 1 atom stereocenters. The van der Waals surface area contributed by atoms with Crippen molar-refractivity contribution in [3.05, 3.63) is 266 Å². The average Bonchev–Trinajstić information content (AvgIpc) is 4.07. The summed E-state index contributed by atoms with van der Waals surface area (Å²) in [5.41, 5.74) is 16.5. The minimum atomic E-state index is 0.186. The maximum atomic E-state index is 2.57. The van der Waals surface area contributed by atoms with E-state index >= 15 is 0 Å². The Labute approximate surface area is 462 Å². The third-order valence-electron chi connectivity index (χ3n) is 16.5. The quantitative estimate of drug-likeness (QED) is 0.140. The molecule has 2 aliphatic carbocycles. The van der Waals surface area contributed by atoms with E-state index in [9.17, 15) is 0 Å². The summed E-state index contributed by atoms with van der Waals surface area (Å²) in [7, 11) is 0. The van der Waals surface area contributed by atoms with E-state index in [1.165, 1.54) is 135 Å². The van der Waals surface area contributed by atoms with Crippen LogP contribution < -0.4 is 9.80 Å². The highest BCUT2D eigenvalue weighted by molar-refractivity contribution is 7.99. The second-order valence-corrected chi connectivity index (χ2v) is 23.0. The number of allylic oxidation sites excluding steroid dienone is 3. The Bertz CT molecular complexity index is 4590. The van der Waals surface area contributed by atoms with Crippen molar-refractivity contribution < 1.29 is 0 Å². The van der Waals surface area contributed by atoms with Crippen LogP contribution in [0.25, 0.3) is 103 Å². The largest absolute Gasteiger partial charge is 0.333 e. The van der Waals surface area contributed by atoms with Crippen LogP contribution in [-0.2, 0) is 6.42 Å².